The molecule has 1 aromatic carbocycles. The van der Waals surface area contributed by atoms with Gasteiger partial charge in [0.05, 0.1) is 0 Å². The van der Waals surface area contributed by atoms with Gasteiger partial charge in [-0.2, -0.15) is 0 Å². The van der Waals surface area contributed by atoms with Crippen molar-refractivity contribution in [1.82, 2.24) is 0 Å². The van der Waals surface area contributed by atoms with Crippen molar-refractivity contribution < 1.29 is 4.79 Å². The van der Waals surface area contributed by atoms with E-state index in [1.54, 1.807) is 6.08 Å². The number of hydrogen-bond acceptors (Lipinski definition) is 1. The number of carbonyl (C=O) groups is 1. The average Bonchev–Trinajstić information content (AvgIpc) is 2.41. The number of allylic oxidation sites excluding steroid dienone is 4. The van der Waals surface area contributed by atoms with E-state index in [0.29, 0.717) is 5.92 Å². The highest BCUT2D eigenvalue weighted by Gasteiger charge is 2.04. The van der Waals surface area contributed by atoms with Crippen LogP contribution in [0.3, 0.4) is 0 Å². The van der Waals surface area contributed by atoms with E-state index in [4.69, 9.17) is 0 Å². The summed E-state index contributed by atoms with van der Waals surface area (Å²) in [6.45, 7) is 10.9. The number of benzene rings is 1. The topological polar surface area (TPSA) is 17.1 Å². The predicted molar refractivity (Wildman–Crippen MR) is 91.8 cm³/mol. The standard InChI is InChI=1S/C20H28O/c1-15(2)19-10-9-18(5)20(14-19)13-17(4)8-6-7-16(3)11-12-21/h8-12,14-15H,6-7,13H2,1-5H3. The third kappa shape index (κ3) is 6.12. The third-order valence-electron chi connectivity index (χ3n) is 3.89. The summed E-state index contributed by atoms with van der Waals surface area (Å²) in [5.74, 6) is 0.574. The predicted octanol–water partition coefficient (Wildman–Crippen LogP) is 5.53. The first-order valence-corrected chi connectivity index (χ1v) is 7.80. The van der Waals surface area contributed by atoms with E-state index in [-0.39, 0.29) is 0 Å². The van der Waals surface area contributed by atoms with Crippen molar-refractivity contribution in [3.05, 3.63) is 58.2 Å². The maximum atomic E-state index is 10.4. The number of rotatable bonds is 7. The van der Waals surface area contributed by atoms with Crippen molar-refractivity contribution in [3.63, 3.8) is 0 Å². The van der Waals surface area contributed by atoms with Gasteiger partial charge in [-0.3, -0.25) is 4.79 Å². The maximum absolute atomic E-state index is 10.4. The maximum Gasteiger partial charge on any atom is 0.142 e. The van der Waals surface area contributed by atoms with Crippen molar-refractivity contribution in [1.29, 1.82) is 0 Å². The van der Waals surface area contributed by atoms with Gasteiger partial charge < -0.3 is 0 Å². The van der Waals surface area contributed by atoms with E-state index in [1.165, 1.54) is 22.3 Å². The highest BCUT2D eigenvalue weighted by Crippen LogP contribution is 2.21. The molecule has 0 atom stereocenters. The van der Waals surface area contributed by atoms with Crippen LogP contribution in [0.5, 0.6) is 0 Å². The molecular weight excluding hydrogens is 256 g/mol. The lowest BCUT2D eigenvalue weighted by molar-refractivity contribution is -0.104. The monoisotopic (exact) mass is 284 g/mol. The van der Waals surface area contributed by atoms with Gasteiger partial charge in [-0.25, -0.2) is 0 Å². The van der Waals surface area contributed by atoms with Crippen molar-refractivity contribution in [3.8, 4) is 0 Å². The van der Waals surface area contributed by atoms with Crippen molar-refractivity contribution >= 4 is 6.29 Å². The van der Waals surface area contributed by atoms with Crippen LogP contribution in [0.15, 0.2) is 41.5 Å². The highest BCUT2D eigenvalue weighted by molar-refractivity contribution is 5.65. The Bertz CT molecular complexity index is 533. The van der Waals surface area contributed by atoms with E-state index >= 15 is 0 Å². The van der Waals surface area contributed by atoms with Crippen LogP contribution in [0, 0.1) is 6.92 Å². The molecule has 114 valence electrons. The second-order valence-electron chi connectivity index (χ2n) is 6.26. The Morgan fingerprint density at radius 3 is 2.52 bits per heavy atom. The summed E-state index contributed by atoms with van der Waals surface area (Å²) >= 11 is 0. The van der Waals surface area contributed by atoms with Gasteiger partial charge in [0.25, 0.3) is 0 Å². The normalized spacial score (nSPS) is 12.9. The van der Waals surface area contributed by atoms with Gasteiger partial charge in [-0.15, -0.1) is 0 Å². The van der Waals surface area contributed by atoms with E-state index < -0.39 is 0 Å². The van der Waals surface area contributed by atoms with E-state index in [0.717, 1.165) is 31.1 Å². The number of aryl methyl sites for hydroxylation is 1. The van der Waals surface area contributed by atoms with Crippen LogP contribution >= 0.6 is 0 Å². The largest absolute Gasteiger partial charge is 0.299 e. The van der Waals surface area contributed by atoms with Crippen LogP contribution in [-0.2, 0) is 11.2 Å². The first-order chi connectivity index (χ1) is 9.93. The molecule has 1 heteroatoms. The average molecular weight is 284 g/mol. The lowest BCUT2D eigenvalue weighted by atomic mass is 9.94. The molecule has 0 aliphatic heterocycles. The summed E-state index contributed by atoms with van der Waals surface area (Å²) in [5, 5.41) is 0. The quantitative estimate of drug-likeness (QED) is 0.365. The number of hydrogen-bond donors (Lipinski definition) is 0. The molecule has 0 saturated carbocycles. The van der Waals surface area contributed by atoms with Crippen molar-refractivity contribution in [2.24, 2.45) is 0 Å². The summed E-state index contributed by atoms with van der Waals surface area (Å²) in [7, 11) is 0. The Kier molecular flexibility index (Phi) is 7.14. The Labute approximate surface area is 129 Å². The lowest BCUT2D eigenvalue weighted by Gasteiger charge is -2.12. The van der Waals surface area contributed by atoms with Crippen LogP contribution in [0.4, 0.5) is 0 Å². The van der Waals surface area contributed by atoms with Crippen LogP contribution in [0.1, 0.15) is 63.1 Å². The van der Waals surface area contributed by atoms with Crippen molar-refractivity contribution in [2.75, 3.05) is 0 Å². The fourth-order valence-electron chi connectivity index (χ4n) is 2.36. The SMILES string of the molecule is CC(=CC=O)CCC=C(C)Cc1cc(C(C)C)ccc1C. The Morgan fingerprint density at radius 2 is 1.90 bits per heavy atom. The van der Waals surface area contributed by atoms with E-state index in [9.17, 15) is 4.79 Å². The summed E-state index contributed by atoms with van der Waals surface area (Å²) in [5.41, 5.74) is 6.75. The summed E-state index contributed by atoms with van der Waals surface area (Å²) in [4.78, 5) is 10.4. The third-order valence-corrected chi connectivity index (χ3v) is 3.89. The van der Waals surface area contributed by atoms with Gasteiger partial charge in [-0.1, -0.05) is 49.3 Å². The van der Waals surface area contributed by atoms with Gasteiger partial charge in [-0.05, 0) is 68.7 Å². The van der Waals surface area contributed by atoms with Crippen LogP contribution in [-0.4, -0.2) is 6.29 Å². The Morgan fingerprint density at radius 1 is 1.19 bits per heavy atom. The van der Waals surface area contributed by atoms with Gasteiger partial charge in [0, 0.05) is 0 Å². The van der Waals surface area contributed by atoms with Crippen molar-refractivity contribution in [2.45, 2.75) is 59.8 Å². The molecule has 0 bridgehead atoms. The lowest BCUT2D eigenvalue weighted by Crippen LogP contribution is -1.95. The molecule has 0 heterocycles. The minimum Gasteiger partial charge on any atom is -0.299 e. The summed E-state index contributed by atoms with van der Waals surface area (Å²) in [6, 6.07) is 6.81. The summed E-state index contributed by atoms with van der Waals surface area (Å²) < 4.78 is 0. The van der Waals surface area contributed by atoms with Gasteiger partial charge >= 0.3 is 0 Å². The first kappa shape index (κ1) is 17.4. The minimum absolute atomic E-state index is 0.574. The summed E-state index contributed by atoms with van der Waals surface area (Å²) in [6.07, 6.45) is 7.80. The van der Waals surface area contributed by atoms with Gasteiger partial charge in [0.1, 0.15) is 6.29 Å². The molecule has 21 heavy (non-hydrogen) atoms. The zero-order valence-corrected chi connectivity index (χ0v) is 14.1. The van der Waals surface area contributed by atoms with Crippen LogP contribution in [0.25, 0.3) is 0 Å². The zero-order chi connectivity index (χ0) is 15.8. The molecule has 0 saturated heterocycles. The fourth-order valence-corrected chi connectivity index (χ4v) is 2.36. The van der Waals surface area contributed by atoms with Gasteiger partial charge in [0.2, 0.25) is 0 Å². The minimum atomic E-state index is 0.574. The Hall–Kier alpha value is -1.63. The smallest absolute Gasteiger partial charge is 0.142 e. The first-order valence-electron chi connectivity index (χ1n) is 7.80. The number of carbonyl (C=O) groups excluding carboxylic acids is 1. The molecule has 0 aromatic heterocycles. The highest BCUT2D eigenvalue weighted by atomic mass is 16.1. The van der Waals surface area contributed by atoms with E-state index in [2.05, 4.69) is 52.0 Å². The molecule has 0 aliphatic rings. The van der Waals surface area contributed by atoms with Gasteiger partial charge in [0.15, 0.2) is 0 Å². The molecule has 1 nitrogen and oxygen atoms in total. The molecule has 0 fully saturated rings. The second-order valence-corrected chi connectivity index (χ2v) is 6.26. The van der Waals surface area contributed by atoms with E-state index in [1.807, 2.05) is 6.92 Å². The molecule has 0 amide bonds. The molecule has 0 aliphatic carbocycles. The second kappa shape index (κ2) is 8.61. The molecule has 0 spiro atoms. The fraction of sp³-hybridized carbons (Fsp3) is 0.450. The van der Waals surface area contributed by atoms with Crippen LogP contribution in [0.2, 0.25) is 0 Å². The number of aldehydes is 1. The molecule has 0 N–H and O–H groups in total. The van der Waals surface area contributed by atoms with Crippen LogP contribution < -0.4 is 0 Å². The molecule has 0 unspecified atom stereocenters. The Balaban J connectivity index is 2.69. The zero-order valence-electron chi connectivity index (χ0n) is 14.1. The molecule has 0 radical (unpaired) electrons. The molecular formula is C20H28O. The molecule has 1 aromatic rings. The molecule has 1 rings (SSSR count).